The lowest BCUT2D eigenvalue weighted by atomic mass is 9.97. The van der Waals surface area contributed by atoms with E-state index in [0.29, 0.717) is 43.0 Å². The van der Waals surface area contributed by atoms with Crippen molar-refractivity contribution in [2.24, 2.45) is 5.92 Å². The summed E-state index contributed by atoms with van der Waals surface area (Å²) in [5.74, 6) is -4.74. The van der Waals surface area contributed by atoms with Crippen LogP contribution < -0.4 is 9.62 Å². The van der Waals surface area contributed by atoms with Crippen LogP contribution in [0.15, 0.2) is 61.2 Å². The molecule has 1 fully saturated rings. The lowest BCUT2D eigenvalue weighted by Crippen LogP contribution is -2.37. The number of esters is 1. The number of pyridine rings is 1. The molecule has 0 bridgehead atoms. The molecule has 1 aliphatic heterocycles. The third kappa shape index (κ3) is 7.31. The molecule has 6 rings (SSSR count). The molecule has 1 aliphatic rings. The number of nitrogens with one attached hydrogen (secondary N) is 1. The Bertz CT molecular complexity index is 2350. The van der Waals surface area contributed by atoms with Crippen LogP contribution in [0.5, 0.6) is 0 Å². The second kappa shape index (κ2) is 15.1. The lowest BCUT2D eigenvalue weighted by Gasteiger charge is -2.30. The van der Waals surface area contributed by atoms with Gasteiger partial charge in [-0.3, -0.25) is 23.7 Å². The van der Waals surface area contributed by atoms with Crippen LogP contribution in [-0.2, 0) is 19.7 Å². The summed E-state index contributed by atoms with van der Waals surface area (Å²) in [7, 11) is -1.63. The number of methoxy groups -OCH3 is 1. The van der Waals surface area contributed by atoms with E-state index in [0.717, 1.165) is 27.2 Å². The molecule has 1 N–H and O–H groups in total. The zero-order valence-corrected chi connectivity index (χ0v) is 30.8. The van der Waals surface area contributed by atoms with Gasteiger partial charge in [-0.25, -0.2) is 23.7 Å². The molecule has 4 heterocycles. The summed E-state index contributed by atoms with van der Waals surface area (Å²) >= 11 is 12.7. The first-order chi connectivity index (χ1) is 25.2. The number of hydrogen-bond donors (Lipinski definition) is 1. The summed E-state index contributed by atoms with van der Waals surface area (Å²) in [4.78, 5) is 55.3. The molecular weight excluding hydrogens is 755 g/mol. The highest BCUT2D eigenvalue weighted by Gasteiger charge is 2.30. The van der Waals surface area contributed by atoms with Crippen LogP contribution in [0.2, 0.25) is 10.0 Å². The molecule has 276 valence electrons. The molecule has 0 radical (unpaired) electrons. The maximum absolute atomic E-state index is 15.9. The number of nitrogens with zero attached hydrogens (tertiary/aromatic N) is 6. The van der Waals surface area contributed by atoms with Gasteiger partial charge in [-0.1, -0.05) is 36.2 Å². The van der Waals surface area contributed by atoms with Gasteiger partial charge in [-0.2, -0.15) is 12.7 Å². The second-order valence-corrected chi connectivity index (χ2v) is 14.7. The fraction of sp³-hybridized carbons (Fsp3) is 0.257. The number of ether oxygens (including phenoxy) is 1. The minimum absolute atomic E-state index is 0.00901. The van der Waals surface area contributed by atoms with E-state index in [2.05, 4.69) is 15.0 Å². The maximum atomic E-state index is 15.9. The summed E-state index contributed by atoms with van der Waals surface area (Å²) in [6, 6.07) is 7.54. The largest absolute Gasteiger partial charge is 0.469 e. The van der Waals surface area contributed by atoms with Crippen molar-refractivity contribution in [1.82, 2.24) is 23.8 Å². The van der Waals surface area contributed by atoms with Gasteiger partial charge in [0.2, 0.25) is 11.7 Å². The van der Waals surface area contributed by atoms with Crippen LogP contribution in [0.4, 0.5) is 20.4 Å². The molecular formula is C35H31Cl2F2N7O6S. The number of ketones is 1. The minimum Gasteiger partial charge on any atom is -0.469 e. The Morgan fingerprint density at radius 1 is 0.981 bits per heavy atom. The number of fused-ring (bicyclic) bond motifs is 1. The van der Waals surface area contributed by atoms with Crippen molar-refractivity contribution in [1.29, 1.82) is 0 Å². The van der Waals surface area contributed by atoms with Crippen molar-refractivity contribution in [3.05, 3.63) is 99.6 Å². The molecule has 0 amide bonds. The van der Waals surface area contributed by atoms with E-state index >= 15 is 8.78 Å². The molecule has 0 spiro atoms. The van der Waals surface area contributed by atoms with Crippen molar-refractivity contribution >= 4 is 73.7 Å². The van der Waals surface area contributed by atoms with Crippen molar-refractivity contribution in [2.45, 2.75) is 19.8 Å². The molecule has 0 aliphatic carbocycles. The molecule has 53 heavy (non-hydrogen) atoms. The average Bonchev–Trinajstić information content (AvgIpc) is 3.54. The Kier molecular flexibility index (Phi) is 10.8. The Balaban J connectivity index is 1.43. The normalized spacial score (nSPS) is 13.8. The molecule has 1 saturated heterocycles. The molecule has 0 saturated carbocycles. The van der Waals surface area contributed by atoms with Crippen LogP contribution in [-0.4, -0.2) is 83.7 Å². The van der Waals surface area contributed by atoms with Crippen molar-refractivity contribution < 1.29 is 36.3 Å². The van der Waals surface area contributed by atoms with E-state index in [4.69, 9.17) is 27.9 Å². The predicted octanol–water partition coefficient (Wildman–Crippen LogP) is 6.00. The van der Waals surface area contributed by atoms with Gasteiger partial charge in [0, 0.05) is 68.0 Å². The molecule has 18 heteroatoms. The summed E-state index contributed by atoms with van der Waals surface area (Å²) < 4.78 is 65.4. The highest BCUT2D eigenvalue weighted by Crippen LogP contribution is 2.33. The van der Waals surface area contributed by atoms with Crippen LogP contribution in [0.25, 0.3) is 22.2 Å². The number of carbonyl (C=O) groups is 3. The number of rotatable bonds is 10. The first-order valence-corrected chi connectivity index (χ1v) is 18.4. The van der Waals surface area contributed by atoms with Crippen LogP contribution >= 0.6 is 23.2 Å². The summed E-state index contributed by atoms with van der Waals surface area (Å²) in [6.45, 7) is 2.69. The number of benzene rings is 2. The first kappa shape index (κ1) is 37.7. The Hall–Kier alpha value is -5.03. The average molecular weight is 787 g/mol. The van der Waals surface area contributed by atoms with Gasteiger partial charge in [-0.15, -0.1) is 0 Å². The molecule has 2 aromatic carbocycles. The quantitative estimate of drug-likeness (QED) is 0.132. The van der Waals surface area contributed by atoms with Gasteiger partial charge < -0.3 is 9.64 Å². The fourth-order valence-corrected chi connectivity index (χ4v) is 7.39. The van der Waals surface area contributed by atoms with Crippen LogP contribution in [0.1, 0.15) is 46.0 Å². The van der Waals surface area contributed by atoms with Gasteiger partial charge in [0.1, 0.15) is 11.5 Å². The SMILES string of the molecule is CCN(C)S(=O)(=O)Nc1ccc(F)c(C(=O)c2cn(C(=O)c3c(Cl)cccc3Cl)c3ncc(-c4cnc(N5CCC(C(=O)OC)CC5)nc4)cc23)c1F. The van der Waals surface area contributed by atoms with Gasteiger partial charge in [0.15, 0.2) is 5.82 Å². The molecule has 5 aromatic rings. The van der Waals surface area contributed by atoms with Crippen molar-refractivity contribution in [3.8, 4) is 11.1 Å². The number of halogens is 4. The van der Waals surface area contributed by atoms with E-state index in [1.807, 2.05) is 9.62 Å². The first-order valence-electron chi connectivity index (χ1n) is 16.2. The monoisotopic (exact) mass is 785 g/mol. The third-order valence-electron chi connectivity index (χ3n) is 8.98. The van der Waals surface area contributed by atoms with E-state index in [-0.39, 0.29) is 50.6 Å². The molecule has 0 unspecified atom stereocenters. The zero-order chi connectivity index (χ0) is 38.2. The van der Waals surface area contributed by atoms with E-state index < -0.39 is 44.8 Å². The number of aromatic nitrogens is 4. The van der Waals surface area contributed by atoms with E-state index in [1.54, 1.807) is 6.92 Å². The van der Waals surface area contributed by atoms with E-state index in [9.17, 15) is 22.8 Å². The van der Waals surface area contributed by atoms with E-state index in [1.165, 1.54) is 57.0 Å². The van der Waals surface area contributed by atoms with Gasteiger partial charge >= 0.3 is 16.2 Å². The van der Waals surface area contributed by atoms with Gasteiger partial charge in [-0.05, 0) is 43.2 Å². The minimum atomic E-state index is -4.25. The molecule has 0 atom stereocenters. The maximum Gasteiger partial charge on any atom is 0.308 e. The smallest absolute Gasteiger partial charge is 0.308 e. The standard InChI is InChI=1S/C35H31Cl2F2N7O6S/c1-4-44(2)53(50,51)43-27-9-8-26(38)29(30(27)39)31(47)23-18-46(33(48)28-24(36)6-5-7-25(28)37)32-22(23)14-20(15-40-32)21-16-41-35(42-17-21)45-12-10-19(11-13-45)34(49)52-3/h5-9,14-19,43H,4,10-13H2,1-3H3. The number of anilines is 2. The van der Waals surface area contributed by atoms with Crippen LogP contribution in [0.3, 0.4) is 0 Å². The lowest BCUT2D eigenvalue weighted by molar-refractivity contribution is -0.146. The summed E-state index contributed by atoms with van der Waals surface area (Å²) in [6.07, 6.45) is 6.71. The number of carbonyl (C=O) groups excluding carboxylic acids is 3. The molecule has 13 nitrogen and oxygen atoms in total. The predicted molar refractivity (Wildman–Crippen MR) is 195 cm³/mol. The topological polar surface area (TPSA) is 157 Å². The van der Waals surface area contributed by atoms with Gasteiger partial charge in [0.25, 0.3) is 5.91 Å². The highest BCUT2D eigenvalue weighted by molar-refractivity contribution is 7.90. The van der Waals surface area contributed by atoms with Gasteiger partial charge in [0.05, 0.1) is 45.5 Å². The Labute approximate surface area is 312 Å². The zero-order valence-electron chi connectivity index (χ0n) is 28.4. The fourth-order valence-electron chi connectivity index (χ4n) is 5.90. The number of hydrogen-bond acceptors (Lipinski definition) is 10. The van der Waals surface area contributed by atoms with Crippen molar-refractivity contribution in [2.75, 3.05) is 43.4 Å². The Morgan fingerprint density at radius 3 is 2.25 bits per heavy atom. The Morgan fingerprint density at radius 2 is 1.62 bits per heavy atom. The second-order valence-electron chi connectivity index (χ2n) is 12.1. The highest BCUT2D eigenvalue weighted by atomic mass is 35.5. The third-order valence-corrected chi connectivity index (χ3v) is 11.2. The summed E-state index contributed by atoms with van der Waals surface area (Å²) in [5, 5.41) is 0.0398. The number of piperidine rings is 1. The summed E-state index contributed by atoms with van der Waals surface area (Å²) in [5.41, 5.74) is -1.37. The molecule has 3 aromatic heterocycles. The van der Waals surface area contributed by atoms with Crippen LogP contribution in [0, 0.1) is 17.6 Å². The van der Waals surface area contributed by atoms with Crippen molar-refractivity contribution in [3.63, 3.8) is 0 Å².